The van der Waals surface area contributed by atoms with Crippen LogP contribution in [0, 0.1) is 10.2 Å². The number of hydrogen-bond donors (Lipinski definition) is 0. The smallest absolute Gasteiger partial charge is 0.215 e. The minimum atomic E-state index is -4.94. The Kier molecular flexibility index (Phi) is 8.14. The molecule has 1 saturated heterocycles. The van der Waals surface area contributed by atoms with Gasteiger partial charge in [0.05, 0.1) is 32.8 Å². The van der Waals surface area contributed by atoms with Crippen molar-refractivity contribution >= 4 is 11.0 Å². The van der Waals surface area contributed by atoms with E-state index < -0.39 is 10.2 Å². The van der Waals surface area contributed by atoms with Crippen molar-refractivity contribution in [2.75, 3.05) is 47.6 Å². The highest BCUT2D eigenvalue weighted by Gasteiger charge is 2.18. The van der Waals surface area contributed by atoms with Crippen LogP contribution in [0.15, 0.2) is 46.9 Å². The summed E-state index contributed by atoms with van der Waals surface area (Å²) < 4.78 is 64.3. The largest absolute Gasteiger partial charge is 0.497 e. The molecule has 178 valence electrons. The second-order valence-electron chi connectivity index (χ2n) is 6.91. The zero-order valence-electron chi connectivity index (χ0n) is 18.4. The van der Waals surface area contributed by atoms with Crippen LogP contribution >= 0.6 is 0 Å². The predicted octanol–water partition coefficient (Wildman–Crippen LogP) is -1.83. The first-order valence-corrected chi connectivity index (χ1v) is 11.1. The zero-order valence-corrected chi connectivity index (χ0v) is 19.1. The SMILES string of the molecule is COc1ccc2oc(-c3ccc(OC)c(OC)c3)cc(=[N+]3CCOCC3)c2c1.[O-][Cl+3]([O-])([O-])[O-]. The van der Waals surface area contributed by atoms with E-state index in [2.05, 4.69) is 10.6 Å². The molecular formula is C22H24ClNO9. The molecule has 0 radical (unpaired) electrons. The summed E-state index contributed by atoms with van der Waals surface area (Å²) in [6.07, 6.45) is 0. The Hall–Kier alpha value is -2.86. The maximum Gasteiger partial charge on any atom is 0.215 e. The lowest BCUT2D eigenvalue weighted by atomic mass is 10.1. The summed E-state index contributed by atoms with van der Waals surface area (Å²) in [6.45, 7) is 3.09. The maximum atomic E-state index is 8.49. The van der Waals surface area contributed by atoms with Gasteiger partial charge in [0.1, 0.15) is 30.3 Å². The molecule has 0 spiro atoms. The van der Waals surface area contributed by atoms with E-state index in [1.807, 2.05) is 36.4 Å². The summed E-state index contributed by atoms with van der Waals surface area (Å²) in [7, 11) is -0.0167. The first kappa shape index (κ1) is 24.8. The summed E-state index contributed by atoms with van der Waals surface area (Å²) in [4.78, 5) is 0. The molecule has 2 aromatic carbocycles. The quantitative estimate of drug-likeness (QED) is 0.393. The van der Waals surface area contributed by atoms with Crippen molar-refractivity contribution in [3.8, 4) is 28.6 Å². The highest BCUT2D eigenvalue weighted by Crippen LogP contribution is 2.33. The van der Waals surface area contributed by atoms with Crippen LogP contribution in [-0.4, -0.2) is 47.6 Å². The third-order valence-electron chi connectivity index (χ3n) is 4.97. The van der Waals surface area contributed by atoms with Crippen molar-refractivity contribution in [1.82, 2.24) is 4.58 Å². The van der Waals surface area contributed by atoms with E-state index in [1.165, 1.54) is 0 Å². The van der Waals surface area contributed by atoms with Crippen LogP contribution < -0.4 is 42.8 Å². The van der Waals surface area contributed by atoms with Crippen LogP contribution in [0.4, 0.5) is 0 Å². The first-order valence-electron chi connectivity index (χ1n) is 9.85. The summed E-state index contributed by atoms with van der Waals surface area (Å²) >= 11 is 0. The second-order valence-corrected chi connectivity index (χ2v) is 7.66. The zero-order chi connectivity index (χ0) is 24.0. The molecule has 33 heavy (non-hydrogen) atoms. The molecule has 1 fully saturated rings. The summed E-state index contributed by atoms with van der Waals surface area (Å²) in [5.74, 6) is 2.92. The van der Waals surface area contributed by atoms with Crippen LogP contribution in [0.1, 0.15) is 0 Å². The topological polar surface area (TPSA) is 145 Å². The molecule has 0 unspecified atom stereocenters. The van der Waals surface area contributed by atoms with Gasteiger partial charge in [-0.1, -0.05) is 0 Å². The van der Waals surface area contributed by atoms with Crippen LogP contribution in [0.5, 0.6) is 17.2 Å². The van der Waals surface area contributed by atoms with E-state index in [-0.39, 0.29) is 0 Å². The van der Waals surface area contributed by atoms with Crippen molar-refractivity contribution in [2.45, 2.75) is 0 Å². The van der Waals surface area contributed by atoms with Crippen molar-refractivity contribution in [3.63, 3.8) is 0 Å². The molecule has 10 nitrogen and oxygen atoms in total. The molecule has 0 bridgehead atoms. The average Bonchev–Trinajstić information content (AvgIpc) is 2.82. The predicted molar refractivity (Wildman–Crippen MR) is 107 cm³/mol. The van der Waals surface area contributed by atoms with Crippen molar-refractivity contribution in [2.24, 2.45) is 0 Å². The number of rotatable bonds is 4. The van der Waals surface area contributed by atoms with Gasteiger partial charge in [0.25, 0.3) is 0 Å². The van der Waals surface area contributed by atoms with E-state index in [0.717, 1.165) is 46.5 Å². The number of methoxy groups -OCH3 is 3. The van der Waals surface area contributed by atoms with Crippen molar-refractivity contribution < 1.29 is 52.2 Å². The van der Waals surface area contributed by atoms with Gasteiger partial charge >= 0.3 is 0 Å². The molecule has 2 heterocycles. The van der Waals surface area contributed by atoms with E-state index in [1.54, 1.807) is 21.3 Å². The number of nitrogens with zero attached hydrogens (tertiary/aromatic N) is 1. The van der Waals surface area contributed by atoms with Gasteiger partial charge in [0.2, 0.25) is 5.36 Å². The molecule has 11 heteroatoms. The molecule has 4 rings (SSSR count). The lowest BCUT2D eigenvalue weighted by Gasteiger charge is -2.17. The van der Waals surface area contributed by atoms with E-state index in [4.69, 9.17) is 42.0 Å². The lowest BCUT2D eigenvalue weighted by Crippen LogP contribution is -2.68. The Morgan fingerprint density at radius 3 is 2.09 bits per heavy atom. The minimum absolute atomic E-state index is 0.665. The molecule has 1 aliphatic rings. The van der Waals surface area contributed by atoms with E-state index >= 15 is 0 Å². The second kappa shape index (κ2) is 10.8. The van der Waals surface area contributed by atoms with Gasteiger partial charge < -0.3 is 23.4 Å². The minimum Gasteiger partial charge on any atom is -0.497 e. The highest BCUT2D eigenvalue weighted by molar-refractivity contribution is 5.80. The van der Waals surface area contributed by atoms with Crippen LogP contribution in [-0.2, 0) is 4.74 Å². The Labute approximate surface area is 192 Å². The molecule has 0 saturated carbocycles. The number of morpholine rings is 1. The number of halogens is 1. The Morgan fingerprint density at radius 2 is 1.48 bits per heavy atom. The highest BCUT2D eigenvalue weighted by atomic mass is 35.7. The maximum absolute atomic E-state index is 8.49. The molecular weight excluding hydrogens is 458 g/mol. The molecule has 3 aromatic rings. The first-order chi connectivity index (χ1) is 15.7. The molecule has 0 atom stereocenters. The molecule has 0 amide bonds. The van der Waals surface area contributed by atoms with Crippen LogP contribution in [0.25, 0.3) is 22.3 Å². The van der Waals surface area contributed by atoms with Crippen molar-refractivity contribution in [3.05, 3.63) is 47.8 Å². The summed E-state index contributed by atoms with van der Waals surface area (Å²) in [6, 6.07) is 13.7. The van der Waals surface area contributed by atoms with Gasteiger partial charge in [-0.2, -0.15) is 0 Å². The van der Waals surface area contributed by atoms with Gasteiger partial charge in [0.15, 0.2) is 24.6 Å². The normalized spacial score (nSPS) is 13.8. The Morgan fingerprint density at radius 1 is 0.818 bits per heavy atom. The fraction of sp³-hybridized carbons (Fsp3) is 0.318. The van der Waals surface area contributed by atoms with E-state index in [0.29, 0.717) is 24.7 Å². The van der Waals surface area contributed by atoms with Crippen LogP contribution in [0.2, 0.25) is 0 Å². The Bertz CT molecular complexity index is 1160. The number of hydrogen-bond acceptors (Lipinski definition) is 9. The fourth-order valence-electron chi connectivity index (χ4n) is 3.47. The number of ether oxygens (including phenoxy) is 4. The van der Waals surface area contributed by atoms with Gasteiger partial charge in [0, 0.05) is 5.56 Å². The average molecular weight is 482 g/mol. The standard InChI is InChI=1S/C22H24NO5.ClHO4/c1-24-16-5-7-19-17(13-16)18(23-8-10-27-11-9-23)14-21(28-19)15-4-6-20(25-2)22(12-15)26-3;2-1(3,4)5/h4-7,12-14H,8-11H2,1-3H3;(H,2,3,4,5)/q+1;/p-1. The number of fused-ring (bicyclic) bond motifs is 1. The van der Waals surface area contributed by atoms with E-state index in [9.17, 15) is 0 Å². The van der Waals surface area contributed by atoms with Gasteiger partial charge in [-0.3, -0.25) is 0 Å². The third-order valence-corrected chi connectivity index (χ3v) is 4.97. The van der Waals surface area contributed by atoms with Gasteiger partial charge in [-0.15, -0.1) is 10.2 Å². The van der Waals surface area contributed by atoms with Gasteiger partial charge in [-0.05, 0) is 36.4 Å². The lowest BCUT2D eigenvalue weighted by molar-refractivity contribution is -2.00. The Balaban J connectivity index is 0.000000555. The number of benzene rings is 2. The van der Waals surface area contributed by atoms with Crippen LogP contribution in [0.3, 0.4) is 0 Å². The summed E-state index contributed by atoms with van der Waals surface area (Å²) in [5, 5.41) is 2.12. The monoisotopic (exact) mass is 481 g/mol. The summed E-state index contributed by atoms with van der Waals surface area (Å²) in [5.41, 5.74) is 1.72. The van der Waals surface area contributed by atoms with Gasteiger partial charge in [-0.25, -0.2) is 23.2 Å². The molecule has 0 aliphatic carbocycles. The fourth-order valence-corrected chi connectivity index (χ4v) is 3.47. The van der Waals surface area contributed by atoms with Crippen molar-refractivity contribution in [1.29, 1.82) is 0 Å². The molecule has 1 aromatic heterocycles. The third kappa shape index (κ3) is 6.57. The molecule has 0 N–H and O–H groups in total. The molecule has 1 aliphatic heterocycles.